The molecular weight excluding hydrogens is 388 g/mol. The van der Waals surface area contributed by atoms with Crippen molar-refractivity contribution >= 4 is 11.8 Å². The summed E-state index contributed by atoms with van der Waals surface area (Å²) in [4.78, 5) is 24.1. The molecule has 0 saturated heterocycles. The van der Waals surface area contributed by atoms with Crippen molar-refractivity contribution in [3.63, 3.8) is 0 Å². The van der Waals surface area contributed by atoms with E-state index < -0.39 is 0 Å². The van der Waals surface area contributed by atoms with Gasteiger partial charge in [0.2, 0.25) is 11.7 Å². The Morgan fingerprint density at radius 2 is 1.67 bits per heavy atom. The van der Waals surface area contributed by atoms with Gasteiger partial charge in [-0.1, -0.05) is 12.1 Å². The third-order valence-electron chi connectivity index (χ3n) is 4.48. The van der Waals surface area contributed by atoms with Crippen LogP contribution >= 0.6 is 0 Å². The molecule has 0 atom stereocenters. The van der Waals surface area contributed by atoms with Crippen molar-refractivity contribution < 1.29 is 28.9 Å². The summed E-state index contributed by atoms with van der Waals surface area (Å²) in [5.74, 6) is 1.31. The quantitative estimate of drug-likeness (QED) is 0.486. The molecule has 2 aromatic carbocycles. The van der Waals surface area contributed by atoms with E-state index in [9.17, 15) is 14.7 Å². The lowest BCUT2D eigenvalue weighted by Crippen LogP contribution is -2.30. The third kappa shape index (κ3) is 6.30. The molecule has 162 valence electrons. The number of aromatic hydroxyl groups is 1. The Bertz CT molecular complexity index is 869. The van der Waals surface area contributed by atoms with Crippen LogP contribution < -0.4 is 24.8 Å². The molecule has 0 aliphatic carbocycles. The Morgan fingerprint density at radius 1 is 0.933 bits per heavy atom. The number of nitrogens with one attached hydrogen (secondary N) is 2. The monoisotopic (exact) mass is 416 g/mol. The van der Waals surface area contributed by atoms with Crippen molar-refractivity contribution in [2.24, 2.45) is 0 Å². The molecule has 0 bridgehead atoms. The fourth-order valence-corrected chi connectivity index (χ4v) is 2.96. The van der Waals surface area contributed by atoms with E-state index in [1.54, 1.807) is 32.4 Å². The van der Waals surface area contributed by atoms with Gasteiger partial charge in [0.15, 0.2) is 11.5 Å². The molecule has 2 amide bonds. The molecular formula is C22H28N2O6. The van der Waals surface area contributed by atoms with Gasteiger partial charge in [0.25, 0.3) is 5.91 Å². The van der Waals surface area contributed by atoms with Crippen LogP contribution in [-0.2, 0) is 11.2 Å². The molecule has 0 aromatic heterocycles. The van der Waals surface area contributed by atoms with Gasteiger partial charge in [-0.05, 0) is 42.7 Å². The fraction of sp³-hybridized carbons (Fsp3) is 0.364. The van der Waals surface area contributed by atoms with E-state index in [1.807, 2.05) is 6.07 Å². The summed E-state index contributed by atoms with van der Waals surface area (Å²) in [6, 6.07) is 9.77. The van der Waals surface area contributed by atoms with Crippen LogP contribution in [0.5, 0.6) is 23.0 Å². The standard InChI is InChI=1S/C22H28N2O6/c1-28-18-10-8-15(20(29-2)21(18)30-3)9-11-19(26)23-12-5-13-24-22(27)16-6-4-7-17(25)14-16/h4,6-8,10,14,25H,5,9,11-13H2,1-3H3,(H,23,26)(H,24,27). The zero-order chi connectivity index (χ0) is 21.9. The maximum Gasteiger partial charge on any atom is 0.251 e. The van der Waals surface area contributed by atoms with Crippen LogP contribution in [0.15, 0.2) is 36.4 Å². The van der Waals surface area contributed by atoms with E-state index in [1.165, 1.54) is 19.2 Å². The summed E-state index contributed by atoms with van der Waals surface area (Å²) >= 11 is 0. The molecule has 30 heavy (non-hydrogen) atoms. The first-order chi connectivity index (χ1) is 14.5. The molecule has 0 aliphatic rings. The number of rotatable bonds is 11. The second-order valence-corrected chi connectivity index (χ2v) is 6.50. The molecule has 0 fully saturated rings. The summed E-state index contributed by atoms with van der Waals surface area (Å²) in [5, 5.41) is 15.0. The van der Waals surface area contributed by atoms with Gasteiger partial charge >= 0.3 is 0 Å². The summed E-state index contributed by atoms with van der Waals surface area (Å²) < 4.78 is 16.0. The van der Waals surface area contributed by atoms with E-state index in [0.29, 0.717) is 55.2 Å². The molecule has 0 saturated carbocycles. The van der Waals surface area contributed by atoms with Crippen LogP contribution in [0.1, 0.15) is 28.8 Å². The van der Waals surface area contributed by atoms with E-state index in [0.717, 1.165) is 5.56 Å². The second kappa shape index (κ2) is 11.5. The van der Waals surface area contributed by atoms with Crippen LogP contribution in [0.2, 0.25) is 0 Å². The minimum Gasteiger partial charge on any atom is -0.508 e. The highest BCUT2D eigenvalue weighted by Crippen LogP contribution is 2.40. The summed E-state index contributed by atoms with van der Waals surface area (Å²) in [7, 11) is 4.64. The topological polar surface area (TPSA) is 106 Å². The van der Waals surface area contributed by atoms with Gasteiger partial charge < -0.3 is 30.0 Å². The fourth-order valence-electron chi connectivity index (χ4n) is 2.96. The van der Waals surface area contributed by atoms with E-state index >= 15 is 0 Å². The van der Waals surface area contributed by atoms with Crippen molar-refractivity contribution in [1.29, 1.82) is 0 Å². The largest absolute Gasteiger partial charge is 0.508 e. The molecule has 8 heteroatoms. The number of aryl methyl sites for hydroxylation is 1. The van der Waals surface area contributed by atoms with Crippen molar-refractivity contribution in [3.8, 4) is 23.0 Å². The Balaban J connectivity index is 1.73. The van der Waals surface area contributed by atoms with Crippen LogP contribution in [0, 0.1) is 0 Å². The lowest BCUT2D eigenvalue weighted by atomic mass is 10.1. The number of benzene rings is 2. The second-order valence-electron chi connectivity index (χ2n) is 6.50. The number of ether oxygens (including phenoxy) is 3. The summed E-state index contributed by atoms with van der Waals surface area (Å²) in [6.07, 6.45) is 1.38. The Kier molecular flexibility index (Phi) is 8.80. The van der Waals surface area contributed by atoms with Gasteiger partial charge in [0.1, 0.15) is 5.75 Å². The molecule has 0 spiro atoms. The van der Waals surface area contributed by atoms with Gasteiger partial charge in [0, 0.05) is 25.1 Å². The third-order valence-corrected chi connectivity index (χ3v) is 4.48. The Labute approximate surface area is 176 Å². The zero-order valence-corrected chi connectivity index (χ0v) is 17.5. The zero-order valence-electron chi connectivity index (χ0n) is 17.5. The van der Waals surface area contributed by atoms with Crippen LogP contribution in [0.25, 0.3) is 0 Å². The summed E-state index contributed by atoms with van der Waals surface area (Å²) in [5.41, 5.74) is 1.24. The maximum absolute atomic E-state index is 12.1. The van der Waals surface area contributed by atoms with Crippen LogP contribution in [0.4, 0.5) is 0 Å². The molecule has 8 nitrogen and oxygen atoms in total. The van der Waals surface area contributed by atoms with Crippen molar-refractivity contribution in [2.75, 3.05) is 34.4 Å². The molecule has 0 aliphatic heterocycles. The minimum atomic E-state index is -0.266. The number of carbonyl (C=O) groups excluding carboxylic acids is 2. The predicted molar refractivity (Wildman–Crippen MR) is 112 cm³/mol. The highest BCUT2D eigenvalue weighted by Gasteiger charge is 2.16. The van der Waals surface area contributed by atoms with Gasteiger partial charge in [-0.25, -0.2) is 0 Å². The number of methoxy groups -OCH3 is 3. The van der Waals surface area contributed by atoms with Crippen molar-refractivity contribution in [3.05, 3.63) is 47.5 Å². The smallest absolute Gasteiger partial charge is 0.251 e. The lowest BCUT2D eigenvalue weighted by Gasteiger charge is -2.15. The van der Waals surface area contributed by atoms with Gasteiger partial charge in [-0.2, -0.15) is 0 Å². The first kappa shape index (κ1) is 22.9. The number of hydrogen-bond acceptors (Lipinski definition) is 6. The summed E-state index contributed by atoms with van der Waals surface area (Å²) in [6.45, 7) is 0.862. The average molecular weight is 416 g/mol. The average Bonchev–Trinajstić information content (AvgIpc) is 2.76. The first-order valence-electron chi connectivity index (χ1n) is 9.62. The maximum atomic E-state index is 12.1. The Morgan fingerprint density at radius 3 is 2.33 bits per heavy atom. The molecule has 0 heterocycles. The van der Waals surface area contributed by atoms with Gasteiger partial charge in [-0.3, -0.25) is 9.59 Å². The van der Waals surface area contributed by atoms with Gasteiger partial charge in [-0.15, -0.1) is 0 Å². The van der Waals surface area contributed by atoms with Gasteiger partial charge in [0.05, 0.1) is 21.3 Å². The molecule has 2 rings (SSSR count). The predicted octanol–water partition coefficient (Wildman–Crippen LogP) is 2.29. The first-order valence-corrected chi connectivity index (χ1v) is 9.62. The van der Waals surface area contributed by atoms with E-state index in [4.69, 9.17) is 14.2 Å². The highest BCUT2D eigenvalue weighted by molar-refractivity contribution is 5.94. The lowest BCUT2D eigenvalue weighted by molar-refractivity contribution is -0.121. The Hall–Kier alpha value is -3.42. The molecule has 0 radical (unpaired) electrons. The normalized spacial score (nSPS) is 10.2. The van der Waals surface area contributed by atoms with Crippen molar-refractivity contribution in [2.45, 2.75) is 19.3 Å². The number of phenols is 1. The SMILES string of the molecule is COc1ccc(CCC(=O)NCCCNC(=O)c2cccc(O)c2)c(OC)c1OC. The van der Waals surface area contributed by atoms with E-state index in [-0.39, 0.29) is 17.6 Å². The van der Waals surface area contributed by atoms with Crippen LogP contribution in [0.3, 0.4) is 0 Å². The highest BCUT2D eigenvalue weighted by atomic mass is 16.5. The molecule has 0 unspecified atom stereocenters. The number of hydrogen-bond donors (Lipinski definition) is 3. The van der Waals surface area contributed by atoms with Crippen LogP contribution in [-0.4, -0.2) is 51.3 Å². The van der Waals surface area contributed by atoms with E-state index in [2.05, 4.69) is 10.6 Å². The minimum absolute atomic E-state index is 0.0426. The molecule has 3 N–H and O–H groups in total. The number of carbonyl (C=O) groups is 2. The molecule has 2 aromatic rings. The van der Waals surface area contributed by atoms with Crippen molar-refractivity contribution in [1.82, 2.24) is 10.6 Å². The number of amides is 2. The number of phenolic OH excluding ortho intramolecular Hbond substituents is 1.